The number of ether oxygens (including phenoxy) is 1. The summed E-state index contributed by atoms with van der Waals surface area (Å²) < 4.78 is 5.41. The minimum atomic E-state index is -0.181. The highest BCUT2D eigenvalue weighted by Gasteiger charge is 2.38. The first kappa shape index (κ1) is 14.8. The fraction of sp³-hybridized carbons (Fsp3) is 0.933. The maximum Gasteiger partial charge on any atom is 0.227 e. The van der Waals surface area contributed by atoms with Gasteiger partial charge in [0.25, 0.3) is 0 Å². The molecule has 19 heavy (non-hydrogen) atoms. The van der Waals surface area contributed by atoms with E-state index in [0.29, 0.717) is 0 Å². The summed E-state index contributed by atoms with van der Waals surface area (Å²) in [5.41, 5.74) is 0.0325. The van der Waals surface area contributed by atoms with Crippen LogP contribution in [0.25, 0.3) is 0 Å². The quantitative estimate of drug-likeness (QED) is 0.816. The molecule has 0 radical (unpaired) electrons. The normalized spacial score (nSPS) is 30.8. The van der Waals surface area contributed by atoms with Gasteiger partial charge in [-0.3, -0.25) is 4.79 Å². The molecular weight excluding hydrogens is 240 g/mol. The number of piperidine rings is 1. The Labute approximate surface area is 116 Å². The fourth-order valence-electron chi connectivity index (χ4n) is 3.15. The van der Waals surface area contributed by atoms with E-state index in [0.717, 1.165) is 65.0 Å². The molecule has 2 fully saturated rings. The first-order valence-electron chi connectivity index (χ1n) is 7.67. The van der Waals surface area contributed by atoms with Crippen molar-refractivity contribution >= 4 is 5.91 Å². The van der Waals surface area contributed by atoms with Crippen LogP contribution in [-0.2, 0) is 9.53 Å². The molecule has 0 aliphatic carbocycles. The van der Waals surface area contributed by atoms with E-state index < -0.39 is 0 Å². The fourth-order valence-corrected chi connectivity index (χ4v) is 3.15. The van der Waals surface area contributed by atoms with Crippen molar-refractivity contribution in [3.8, 4) is 0 Å². The van der Waals surface area contributed by atoms with E-state index in [9.17, 15) is 4.79 Å². The highest BCUT2D eigenvalue weighted by molar-refractivity contribution is 5.83. The summed E-state index contributed by atoms with van der Waals surface area (Å²) in [6, 6.07) is 0. The largest absolute Gasteiger partial charge is 0.381 e. The number of carbonyl (C=O) groups excluding carboxylic acids is 1. The van der Waals surface area contributed by atoms with Crippen LogP contribution in [0.15, 0.2) is 0 Å². The summed E-state index contributed by atoms with van der Waals surface area (Å²) in [7, 11) is 0. The van der Waals surface area contributed by atoms with Gasteiger partial charge in [0.2, 0.25) is 5.91 Å². The molecule has 1 amide bonds. The minimum absolute atomic E-state index is 0.181. The average Bonchev–Trinajstić information content (AvgIpc) is 2.46. The molecule has 0 saturated carbocycles. The lowest BCUT2D eigenvalue weighted by Crippen LogP contribution is -2.52. The van der Waals surface area contributed by atoms with Crippen molar-refractivity contribution in [3.05, 3.63) is 0 Å². The molecule has 2 heterocycles. The molecule has 0 aromatic carbocycles. The average molecular weight is 268 g/mol. The molecule has 4 heteroatoms. The summed E-state index contributed by atoms with van der Waals surface area (Å²) in [4.78, 5) is 12.6. The Morgan fingerprint density at radius 2 is 2.05 bits per heavy atom. The summed E-state index contributed by atoms with van der Waals surface area (Å²) >= 11 is 0. The van der Waals surface area contributed by atoms with Gasteiger partial charge in [0.1, 0.15) is 0 Å². The highest BCUT2D eigenvalue weighted by atomic mass is 16.5. The predicted molar refractivity (Wildman–Crippen MR) is 76.0 cm³/mol. The maximum atomic E-state index is 12.6. The van der Waals surface area contributed by atoms with Gasteiger partial charge in [-0.2, -0.15) is 0 Å². The Morgan fingerprint density at radius 3 is 2.63 bits per heavy atom. The van der Waals surface area contributed by atoms with Crippen molar-refractivity contribution in [2.45, 2.75) is 46.0 Å². The Hall–Kier alpha value is -0.610. The first-order chi connectivity index (χ1) is 9.10. The zero-order valence-corrected chi connectivity index (χ0v) is 12.4. The summed E-state index contributed by atoms with van der Waals surface area (Å²) in [5.74, 6) is 0.245. The van der Waals surface area contributed by atoms with Crippen molar-refractivity contribution in [3.63, 3.8) is 0 Å². The van der Waals surface area contributed by atoms with Gasteiger partial charge in [0.15, 0.2) is 0 Å². The number of carbonyl (C=O) groups is 1. The standard InChI is InChI=1S/C15H28N2O2/c1-3-15(5-4-8-16-12-15)13(18)17-11-14(2)6-9-19-10-7-14/h16H,3-12H2,1-2H3,(H,17,18). The Morgan fingerprint density at radius 1 is 1.32 bits per heavy atom. The van der Waals surface area contributed by atoms with Gasteiger partial charge in [0, 0.05) is 26.3 Å². The Balaban J connectivity index is 1.88. The van der Waals surface area contributed by atoms with Crippen LogP contribution in [0.4, 0.5) is 0 Å². The summed E-state index contributed by atoms with van der Waals surface area (Å²) in [6.45, 7) is 8.70. The zero-order valence-electron chi connectivity index (χ0n) is 12.4. The van der Waals surface area contributed by atoms with Crippen molar-refractivity contribution in [1.29, 1.82) is 0 Å². The van der Waals surface area contributed by atoms with Crippen molar-refractivity contribution in [2.75, 3.05) is 32.8 Å². The molecule has 2 aliphatic heterocycles. The molecule has 0 spiro atoms. The predicted octanol–water partition coefficient (Wildman–Crippen LogP) is 1.70. The van der Waals surface area contributed by atoms with Crippen molar-refractivity contribution in [2.24, 2.45) is 10.8 Å². The lowest BCUT2D eigenvalue weighted by molar-refractivity contribution is -0.133. The van der Waals surface area contributed by atoms with E-state index in [1.165, 1.54) is 0 Å². The van der Waals surface area contributed by atoms with E-state index in [4.69, 9.17) is 4.74 Å². The van der Waals surface area contributed by atoms with E-state index in [1.807, 2.05) is 0 Å². The van der Waals surface area contributed by atoms with Gasteiger partial charge in [-0.05, 0) is 44.1 Å². The third-order valence-corrected chi connectivity index (χ3v) is 5.01. The molecule has 2 aliphatic rings. The lowest BCUT2D eigenvalue weighted by atomic mass is 9.76. The third-order valence-electron chi connectivity index (χ3n) is 5.01. The van der Waals surface area contributed by atoms with Crippen LogP contribution in [0.1, 0.15) is 46.0 Å². The van der Waals surface area contributed by atoms with E-state index in [-0.39, 0.29) is 16.7 Å². The molecule has 1 atom stereocenters. The summed E-state index contributed by atoms with van der Waals surface area (Å²) in [6.07, 6.45) is 5.13. The van der Waals surface area contributed by atoms with E-state index >= 15 is 0 Å². The second-order valence-electron chi connectivity index (χ2n) is 6.52. The smallest absolute Gasteiger partial charge is 0.227 e. The molecule has 0 aromatic rings. The topological polar surface area (TPSA) is 50.4 Å². The monoisotopic (exact) mass is 268 g/mol. The first-order valence-corrected chi connectivity index (χ1v) is 7.67. The number of rotatable bonds is 4. The van der Waals surface area contributed by atoms with Gasteiger partial charge >= 0.3 is 0 Å². The maximum absolute atomic E-state index is 12.6. The lowest BCUT2D eigenvalue weighted by Gasteiger charge is -2.38. The van der Waals surface area contributed by atoms with Crippen LogP contribution in [0, 0.1) is 10.8 Å². The second kappa shape index (κ2) is 6.23. The van der Waals surface area contributed by atoms with Crippen molar-refractivity contribution in [1.82, 2.24) is 10.6 Å². The molecule has 2 rings (SSSR count). The van der Waals surface area contributed by atoms with Crippen LogP contribution in [0.3, 0.4) is 0 Å². The zero-order chi connectivity index (χ0) is 13.8. The number of nitrogens with one attached hydrogen (secondary N) is 2. The molecule has 2 saturated heterocycles. The van der Waals surface area contributed by atoms with Crippen molar-refractivity contribution < 1.29 is 9.53 Å². The molecule has 0 aromatic heterocycles. The Bertz CT molecular complexity index is 305. The van der Waals surface area contributed by atoms with Crippen LogP contribution in [0.5, 0.6) is 0 Å². The van der Waals surface area contributed by atoms with Gasteiger partial charge in [-0.15, -0.1) is 0 Å². The molecule has 110 valence electrons. The summed E-state index contributed by atoms with van der Waals surface area (Å²) in [5, 5.41) is 6.59. The Kier molecular flexibility index (Phi) is 4.85. The van der Waals surface area contributed by atoms with Gasteiger partial charge in [-0.25, -0.2) is 0 Å². The molecule has 0 bridgehead atoms. The number of hydrogen-bond acceptors (Lipinski definition) is 3. The number of amides is 1. The van der Waals surface area contributed by atoms with Crippen LogP contribution in [0.2, 0.25) is 0 Å². The van der Waals surface area contributed by atoms with Crippen LogP contribution in [-0.4, -0.2) is 38.8 Å². The molecule has 2 N–H and O–H groups in total. The SMILES string of the molecule is CCC1(C(=O)NCC2(C)CCOCC2)CCCNC1. The molecular formula is C15H28N2O2. The van der Waals surface area contributed by atoms with E-state index in [1.54, 1.807) is 0 Å². The van der Waals surface area contributed by atoms with E-state index in [2.05, 4.69) is 24.5 Å². The van der Waals surface area contributed by atoms with Gasteiger partial charge in [0.05, 0.1) is 5.41 Å². The molecule has 4 nitrogen and oxygen atoms in total. The highest BCUT2D eigenvalue weighted by Crippen LogP contribution is 2.32. The van der Waals surface area contributed by atoms with Gasteiger partial charge in [-0.1, -0.05) is 13.8 Å². The van der Waals surface area contributed by atoms with Crippen LogP contribution < -0.4 is 10.6 Å². The minimum Gasteiger partial charge on any atom is -0.381 e. The van der Waals surface area contributed by atoms with Crippen LogP contribution >= 0.6 is 0 Å². The molecule has 1 unspecified atom stereocenters. The third kappa shape index (κ3) is 3.48. The number of hydrogen-bond donors (Lipinski definition) is 2. The van der Waals surface area contributed by atoms with Gasteiger partial charge < -0.3 is 15.4 Å². The second-order valence-corrected chi connectivity index (χ2v) is 6.52.